The first-order valence-electron chi connectivity index (χ1n) is 11.0. The van der Waals surface area contributed by atoms with Gasteiger partial charge < -0.3 is 4.42 Å². The molecule has 3 aromatic carbocycles. The highest BCUT2D eigenvalue weighted by molar-refractivity contribution is 7.89. The van der Waals surface area contributed by atoms with Crippen LogP contribution in [0.2, 0.25) is 0 Å². The molecule has 0 unspecified atom stereocenters. The summed E-state index contributed by atoms with van der Waals surface area (Å²) < 4.78 is 30.2. The number of nitrogens with one attached hydrogen (secondary N) is 1. The first-order valence-corrected chi connectivity index (χ1v) is 12.5. The van der Waals surface area contributed by atoms with Gasteiger partial charge in [-0.25, -0.2) is 23.0 Å². The highest BCUT2D eigenvalue weighted by Crippen LogP contribution is 2.28. The van der Waals surface area contributed by atoms with Gasteiger partial charge in [0.1, 0.15) is 17.0 Å². The van der Waals surface area contributed by atoms with Crippen LogP contribution in [0.15, 0.2) is 104 Å². The minimum absolute atomic E-state index is 0.0686. The van der Waals surface area contributed by atoms with Crippen LogP contribution in [0.1, 0.15) is 5.56 Å². The van der Waals surface area contributed by atoms with Crippen LogP contribution < -0.4 is 16.2 Å². The van der Waals surface area contributed by atoms with E-state index in [2.05, 4.69) is 15.6 Å². The Balaban J connectivity index is 1.57. The number of fused-ring (bicyclic) bond motifs is 1. The van der Waals surface area contributed by atoms with Crippen molar-refractivity contribution >= 4 is 38.6 Å². The van der Waals surface area contributed by atoms with Crippen molar-refractivity contribution in [3.8, 4) is 16.9 Å². The zero-order valence-corrected chi connectivity index (χ0v) is 20.2. The van der Waals surface area contributed by atoms with E-state index in [4.69, 9.17) is 9.56 Å². The molecule has 5 aromatic rings. The summed E-state index contributed by atoms with van der Waals surface area (Å²) in [6.07, 6.45) is 2.98. The second kappa shape index (κ2) is 9.72. The number of hydrogen-bond acceptors (Lipinski definition) is 9. The predicted molar refractivity (Wildman–Crippen MR) is 141 cm³/mol. The van der Waals surface area contributed by atoms with Crippen LogP contribution in [0.3, 0.4) is 0 Å². The molecule has 190 valence electrons. The molecule has 0 spiro atoms. The van der Waals surface area contributed by atoms with E-state index < -0.39 is 31.2 Å². The van der Waals surface area contributed by atoms with Gasteiger partial charge in [-0.3, -0.25) is 15.5 Å². The Hall–Kier alpha value is -5.14. The van der Waals surface area contributed by atoms with E-state index in [1.54, 1.807) is 35.1 Å². The van der Waals surface area contributed by atoms with Crippen LogP contribution >= 0.6 is 0 Å². The molecule has 0 radical (unpaired) electrons. The summed E-state index contributed by atoms with van der Waals surface area (Å²) in [6, 6.07) is 21.0. The quantitative estimate of drug-likeness (QED) is 0.139. The summed E-state index contributed by atoms with van der Waals surface area (Å²) in [4.78, 5) is 23.2. The van der Waals surface area contributed by atoms with Gasteiger partial charge in [-0.1, -0.05) is 36.4 Å². The van der Waals surface area contributed by atoms with E-state index in [1.165, 1.54) is 12.3 Å². The normalized spacial score (nSPS) is 11.7. The highest BCUT2D eigenvalue weighted by atomic mass is 32.2. The Kier molecular flexibility index (Phi) is 6.28. The van der Waals surface area contributed by atoms with E-state index in [-0.39, 0.29) is 16.9 Å². The van der Waals surface area contributed by atoms with E-state index >= 15 is 0 Å². The SMILES string of the molecule is NS(=O)(=O)c1ccc(N/N=C/c2cn(-c3ccccc3)nc2-c2cc3ccccc3oc2=O)c([N+](=O)[O-])c1. The molecular formula is C25H18N6O6S. The standard InChI is InChI=1S/C25H18N6O6S/c26-38(35,36)19-10-11-21(22(13-19)31(33)34)28-27-14-17-15-30(18-7-2-1-3-8-18)29-24(17)20-12-16-6-4-5-9-23(16)37-25(20)32/h1-15,28H,(H2,26,35,36)/b27-14+. The Morgan fingerprint density at radius 1 is 1.05 bits per heavy atom. The van der Waals surface area contributed by atoms with Crippen molar-refractivity contribution in [3.63, 3.8) is 0 Å². The lowest BCUT2D eigenvalue weighted by molar-refractivity contribution is -0.384. The Morgan fingerprint density at radius 2 is 1.79 bits per heavy atom. The number of nitro benzene ring substituents is 1. The third-order valence-electron chi connectivity index (χ3n) is 5.54. The fourth-order valence-corrected chi connectivity index (χ4v) is 4.27. The predicted octanol–water partition coefficient (Wildman–Crippen LogP) is 3.65. The van der Waals surface area contributed by atoms with Gasteiger partial charge in [0, 0.05) is 23.2 Å². The molecule has 5 rings (SSSR count). The van der Waals surface area contributed by atoms with Crippen molar-refractivity contribution in [2.45, 2.75) is 4.90 Å². The molecule has 0 amide bonds. The van der Waals surface area contributed by atoms with Crippen LogP contribution in [0.25, 0.3) is 27.9 Å². The van der Waals surface area contributed by atoms with Crippen molar-refractivity contribution in [2.24, 2.45) is 10.2 Å². The Labute approximate surface area is 214 Å². The van der Waals surface area contributed by atoms with Crippen LogP contribution in [-0.2, 0) is 10.0 Å². The van der Waals surface area contributed by atoms with E-state index in [9.17, 15) is 23.3 Å². The van der Waals surface area contributed by atoms with Gasteiger partial charge in [0.2, 0.25) is 10.0 Å². The van der Waals surface area contributed by atoms with Crippen LogP contribution in [0.5, 0.6) is 0 Å². The van der Waals surface area contributed by atoms with Crippen molar-refractivity contribution in [1.82, 2.24) is 9.78 Å². The molecule has 0 saturated carbocycles. The third-order valence-corrected chi connectivity index (χ3v) is 6.45. The number of hydrazone groups is 1. The van der Waals surface area contributed by atoms with Gasteiger partial charge in [0.05, 0.1) is 27.3 Å². The van der Waals surface area contributed by atoms with Crippen molar-refractivity contribution < 1.29 is 17.8 Å². The average Bonchev–Trinajstić information content (AvgIpc) is 3.32. The maximum Gasteiger partial charge on any atom is 0.345 e. The summed E-state index contributed by atoms with van der Waals surface area (Å²) in [6.45, 7) is 0. The molecule has 13 heteroatoms. The van der Waals surface area contributed by atoms with Gasteiger partial charge in [-0.2, -0.15) is 10.2 Å². The minimum atomic E-state index is -4.14. The molecule has 0 saturated heterocycles. The van der Waals surface area contributed by atoms with Crippen molar-refractivity contribution in [3.05, 3.63) is 111 Å². The summed E-state index contributed by atoms with van der Waals surface area (Å²) >= 11 is 0. The first kappa shape index (κ1) is 24.5. The maximum atomic E-state index is 12.8. The number of nitrogens with zero attached hydrogens (tertiary/aromatic N) is 4. The van der Waals surface area contributed by atoms with E-state index in [0.717, 1.165) is 17.8 Å². The largest absolute Gasteiger partial charge is 0.422 e. The summed E-state index contributed by atoms with van der Waals surface area (Å²) in [5.41, 5.74) is 3.38. The fourth-order valence-electron chi connectivity index (χ4n) is 3.74. The molecule has 0 fully saturated rings. The first-order chi connectivity index (χ1) is 18.2. The zero-order valence-electron chi connectivity index (χ0n) is 19.4. The number of benzene rings is 3. The van der Waals surface area contributed by atoms with Crippen LogP contribution in [0.4, 0.5) is 11.4 Å². The summed E-state index contributed by atoms with van der Waals surface area (Å²) in [5, 5.41) is 25.9. The van der Waals surface area contributed by atoms with E-state index in [0.29, 0.717) is 16.5 Å². The second-order valence-corrected chi connectivity index (χ2v) is 9.61. The summed E-state index contributed by atoms with van der Waals surface area (Å²) in [5.74, 6) is 0. The van der Waals surface area contributed by atoms with Crippen molar-refractivity contribution in [2.75, 3.05) is 5.43 Å². The van der Waals surface area contributed by atoms with Gasteiger partial charge in [0.25, 0.3) is 5.69 Å². The number of sulfonamides is 1. The second-order valence-electron chi connectivity index (χ2n) is 8.05. The molecule has 0 aliphatic heterocycles. The van der Waals surface area contributed by atoms with Crippen LogP contribution in [0, 0.1) is 10.1 Å². The minimum Gasteiger partial charge on any atom is -0.422 e. The van der Waals surface area contributed by atoms with Crippen molar-refractivity contribution in [1.29, 1.82) is 0 Å². The maximum absolute atomic E-state index is 12.8. The number of aromatic nitrogens is 2. The molecule has 0 bridgehead atoms. The highest BCUT2D eigenvalue weighted by Gasteiger charge is 2.20. The topological polar surface area (TPSA) is 176 Å². The number of nitro groups is 1. The molecular weight excluding hydrogens is 512 g/mol. The monoisotopic (exact) mass is 530 g/mol. The molecule has 0 aliphatic carbocycles. The Bertz CT molecular complexity index is 1880. The fraction of sp³-hybridized carbons (Fsp3) is 0. The molecule has 0 atom stereocenters. The third kappa shape index (κ3) is 4.91. The van der Waals surface area contributed by atoms with Gasteiger partial charge >= 0.3 is 5.63 Å². The smallest absolute Gasteiger partial charge is 0.345 e. The lowest BCUT2D eigenvalue weighted by atomic mass is 10.1. The molecule has 3 N–H and O–H groups in total. The van der Waals surface area contributed by atoms with Gasteiger partial charge in [0.15, 0.2) is 0 Å². The van der Waals surface area contributed by atoms with Gasteiger partial charge in [-0.05, 0) is 36.4 Å². The number of hydrogen-bond donors (Lipinski definition) is 2. The number of primary sulfonamides is 1. The zero-order chi connectivity index (χ0) is 26.9. The Morgan fingerprint density at radius 3 is 2.53 bits per heavy atom. The van der Waals surface area contributed by atoms with Gasteiger partial charge in [-0.15, -0.1) is 0 Å². The van der Waals surface area contributed by atoms with E-state index in [1.807, 2.05) is 36.4 Å². The lowest BCUT2D eigenvalue weighted by Crippen LogP contribution is -2.12. The molecule has 12 nitrogen and oxygen atoms in total. The average molecular weight is 531 g/mol. The molecule has 2 aromatic heterocycles. The number of anilines is 1. The lowest BCUT2D eigenvalue weighted by Gasteiger charge is -2.04. The number of nitrogens with two attached hydrogens (primary N) is 1. The number of rotatable bonds is 7. The van der Waals surface area contributed by atoms with Crippen LogP contribution in [-0.4, -0.2) is 29.3 Å². The summed E-state index contributed by atoms with van der Waals surface area (Å²) in [7, 11) is -4.14. The molecule has 0 aliphatic rings. The molecule has 38 heavy (non-hydrogen) atoms. The molecule has 2 heterocycles. The number of para-hydroxylation sites is 2.